The monoisotopic (exact) mass is 701 g/mol. The first-order valence-corrected chi connectivity index (χ1v) is 17.0. The molecule has 1 unspecified atom stereocenters. The van der Waals surface area contributed by atoms with Gasteiger partial charge in [0, 0.05) is 15.4 Å². The van der Waals surface area contributed by atoms with Crippen LogP contribution in [0.15, 0.2) is 78.4 Å². The van der Waals surface area contributed by atoms with Gasteiger partial charge in [-0.2, -0.15) is 0 Å². The van der Waals surface area contributed by atoms with Crippen LogP contribution in [0.4, 0.5) is 0 Å². The maximum absolute atomic E-state index is 2.53. The summed E-state index contributed by atoms with van der Waals surface area (Å²) in [5, 5.41) is 8.29. The van der Waals surface area contributed by atoms with Crippen molar-refractivity contribution in [2.45, 2.75) is 91.1 Å². The Hall–Kier alpha value is -1.57. The molecule has 0 amide bonds. The summed E-state index contributed by atoms with van der Waals surface area (Å²) in [5.74, 6) is 0.309. The molecule has 0 saturated carbocycles. The van der Waals surface area contributed by atoms with Crippen molar-refractivity contribution in [1.82, 2.24) is 0 Å². The number of rotatable bonds is 3. The Morgan fingerprint density at radius 1 is 0.721 bits per heavy atom. The van der Waals surface area contributed by atoms with Crippen LogP contribution in [-0.2, 0) is 37.0 Å². The fourth-order valence-electron chi connectivity index (χ4n) is 6.34. The normalized spacial score (nSPS) is 14.3. The quantitative estimate of drug-likeness (QED) is 0.170. The van der Waals surface area contributed by atoms with Crippen molar-refractivity contribution in [3.8, 4) is 0 Å². The van der Waals surface area contributed by atoms with Crippen LogP contribution >= 0.6 is 0 Å². The molecule has 1 atom stereocenters. The Morgan fingerprint density at radius 3 is 1.98 bits per heavy atom. The molecule has 5 aromatic rings. The topological polar surface area (TPSA) is 0 Å². The number of hydrogen-bond acceptors (Lipinski definition) is 0. The van der Waals surface area contributed by atoms with Gasteiger partial charge >= 0.3 is 26.2 Å². The van der Waals surface area contributed by atoms with Crippen LogP contribution in [0.3, 0.4) is 0 Å². The standard InChI is InChI=1S/C37H39.C2H6Si.2ClH.Zr/c1-8-11-25-19-31-28-13-10-9-12-23(28)15-17-29(31)35(25)34-22-27(37(5,6)7)21-33-30-20-26(36(2,3)4)16-14-24(30)18-32(33)34;1-3-2;;;/h9-10,12-22,35H,8,11H2,1-7H3;1-2H3;2*1H;/q-1;;;;+3/p-2. The van der Waals surface area contributed by atoms with E-state index in [2.05, 4.69) is 140 Å². The Bertz CT molecular complexity index is 1730. The molecule has 43 heavy (non-hydrogen) atoms. The minimum absolute atomic E-state index is 0. The van der Waals surface area contributed by atoms with Gasteiger partial charge in [0.05, 0.1) is 0 Å². The maximum atomic E-state index is 2.53. The Kier molecular flexibility index (Phi) is 12.8. The zero-order valence-electron chi connectivity index (χ0n) is 27.3. The first kappa shape index (κ1) is 37.6. The van der Waals surface area contributed by atoms with E-state index in [-0.39, 0.29) is 61.8 Å². The summed E-state index contributed by atoms with van der Waals surface area (Å²) < 4.78 is 0. The van der Waals surface area contributed by atoms with E-state index in [1.54, 1.807) is 5.57 Å². The number of halogens is 2. The molecule has 0 bridgehead atoms. The average molecular weight is 704 g/mol. The molecule has 0 fully saturated rings. The van der Waals surface area contributed by atoms with E-state index >= 15 is 0 Å². The zero-order chi connectivity index (χ0) is 28.8. The van der Waals surface area contributed by atoms with E-state index in [0.29, 0.717) is 5.92 Å². The van der Waals surface area contributed by atoms with Gasteiger partial charge in [0.15, 0.2) is 0 Å². The summed E-state index contributed by atoms with van der Waals surface area (Å²) in [6, 6.07) is 28.2. The molecular weight excluding hydrogens is 659 g/mol. The van der Waals surface area contributed by atoms with Crippen molar-refractivity contribution in [2.75, 3.05) is 0 Å². The van der Waals surface area contributed by atoms with Gasteiger partial charge in [-0.25, -0.2) is 0 Å². The predicted molar refractivity (Wildman–Crippen MR) is 181 cm³/mol. The maximum Gasteiger partial charge on any atom is 3.00 e. The van der Waals surface area contributed by atoms with E-state index < -0.39 is 0 Å². The molecule has 5 aromatic carbocycles. The van der Waals surface area contributed by atoms with E-state index in [4.69, 9.17) is 0 Å². The summed E-state index contributed by atoms with van der Waals surface area (Å²) in [6.07, 6.45) is 4.80. The predicted octanol–water partition coefficient (Wildman–Crippen LogP) is 5.58. The number of fused-ring (bicyclic) bond motifs is 6. The summed E-state index contributed by atoms with van der Waals surface area (Å²) in [4.78, 5) is 0. The third-order valence-corrected chi connectivity index (χ3v) is 8.45. The molecule has 0 aliphatic heterocycles. The van der Waals surface area contributed by atoms with Gasteiger partial charge in [-0.15, -0.1) is 33.7 Å². The van der Waals surface area contributed by atoms with Crippen LogP contribution < -0.4 is 24.8 Å². The second-order valence-electron chi connectivity index (χ2n) is 13.7. The summed E-state index contributed by atoms with van der Waals surface area (Å²) >= 11 is 0. The molecule has 0 saturated heterocycles. The van der Waals surface area contributed by atoms with Crippen LogP contribution in [-0.4, -0.2) is 9.52 Å². The third-order valence-electron chi connectivity index (χ3n) is 8.45. The van der Waals surface area contributed by atoms with E-state index in [9.17, 15) is 0 Å². The molecule has 0 N–H and O–H groups in total. The molecule has 1 aliphatic rings. The second kappa shape index (κ2) is 14.7. The van der Waals surface area contributed by atoms with E-state index in [0.717, 1.165) is 22.4 Å². The summed E-state index contributed by atoms with van der Waals surface area (Å²) in [5.41, 5.74) is 8.96. The van der Waals surface area contributed by atoms with Crippen molar-refractivity contribution in [3.63, 3.8) is 0 Å². The fraction of sp³-hybridized carbons (Fsp3) is 0.359. The molecule has 0 spiro atoms. The van der Waals surface area contributed by atoms with Gasteiger partial charge in [-0.1, -0.05) is 157 Å². The van der Waals surface area contributed by atoms with Crippen molar-refractivity contribution in [3.05, 3.63) is 106 Å². The van der Waals surface area contributed by atoms with Crippen molar-refractivity contribution in [1.29, 1.82) is 0 Å². The molecule has 4 heteroatoms. The van der Waals surface area contributed by atoms with Gasteiger partial charge in [0.1, 0.15) is 0 Å². The van der Waals surface area contributed by atoms with Crippen molar-refractivity contribution in [2.24, 2.45) is 0 Å². The minimum Gasteiger partial charge on any atom is -1.00 e. The molecule has 1 aliphatic carbocycles. The summed E-state index contributed by atoms with van der Waals surface area (Å²) in [6.45, 7) is 20.6. The SMILES string of the molecule is CCCC1=Cc2c(ccc3ccccc23)C1c1cc(C(C)(C)C)cc2c1[cH-]c1ccc(C(C)(C)C)cc12.C[Si]C.[Cl-].[Cl-].[Zr+3]. The first-order chi connectivity index (χ1) is 19.0. The number of hydrogen-bond donors (Lipinski definition) is 0. The fourth-order valence-corrected chi connectivity index (χ4v) is 6.34. The largest absolute Gasteiger partial charge is 3.00 e. The van der Waals surface area contributed by atoms with Crippen LogP contribution in [0, 0.1) is 0 Å². The Labute approximate surface area is 294 Å². The molecule has 0 heterocycles. The molecule has 6 rings (SSSR count). The second-order valence-corrected chi connectivity index (χ2v) is 14.7. The molecular formula is C39H45Cl2SiZr. The summed E-state index contributed by atoms with van der Waals surface area (Å²) in [7, 11) is 1.08. The van der Waals surface area contributed by atoms with Gasteiger partial charge in [0.25, 0.3) is 0 Å². The van der Waals surface area contributed by atoms with Crippen molar-refractivity contribution < 1.29 is 51.0 Å². The van der Waals surface area contributed by atoms with Gasteiger partial charge in [-0.05, 0) is 39.2 Å². The van der Waals surface area contributed by atoms with Gasteiger partial charge < -0.3 is 24.8 Å². The van der Waals surface area contributed by atoms with Crippen LogP contribution in [0.1, 0.15) is 95.0 Å². The first-order valence-electron chi connectivity index (χ1n) is 15.0. The zero-order valence-corrected chi connectivity index (χ0v) is 32.2. The molecule has 3 radical (unpaired) electrons. The van der Waals surface area contributed by atoms with Crippen LogP contribution in [0.2, 0.25) is 13.1 Å². The third kappa shape index (κ3) is 7.30. The van der Waals surface area contributed by atoms with Crippen molar-refractivity contribution >= 4 is 47.9 Å². The number of benzene rings is 4. The average Bonchev–Trinajstić information content (AvgIpc) is 3.46. The van der Waals surface area contributed by atoms with Crippen LogP contribution in [0.25, 0.3) is 38.4 Å². The molecule has 0 nitrogen and oxygen atoms in total. The van der Waals surface area contributed by atoms with Gasteiger partial charge in [0.2, 0.25) is 0 Å². The van der Waals surface area contributed by atoms with Crippen LogP contribution in [0.5, 0.6) is 0 Å². The Balaban J connectivity index is 0.00000103. The van der Waals surface area contributed by atoms with E-state index in [1.807, 2.05) is 0 Å². The minimum atomic E-state index is 0. The van der Waals surface area contributed by atoms with E-state index in [1.165, 1.54) is 60.1 Å². The Morgan fingerprint density at radius 2 is 1.35 bits per heavy atom. The smallest absolute Gasteiger partial charge is 1.00 e. The molecule has 0 aromatic heterocycles. The number of allylic oxidation sites excluding steroid dienone is 1. The molecule has 223 valence electrons. The van der Waals surface area contributed by atoms with Gasteiger partial charge in [-0.3, -0.25) is 0 Å².